The summed E-state index contributed by atoms with van der Waals surface area (Å²) < 4.78 is 0. The van der Waals surface area contributed by atoms with Gasteiger partial charge in [0.1, 0.15) is 0 Å². The van der Waals surface area contributed by atoms with Crippen molar-refractivity contribution in [1.82, 2.24) is 4.90 Å². The van der Waals surface area contributed by atoms with Gasteiger partial charge in [-0.3, -0.25) is 0 Å². The molecule has 2 nitrogen and oxygen atoms in total. The minimum absolute atomic E-state index is 0.162. The van der Waals surface area contributed by atoms with E-state index in [1.807, 2.05) is 6.92 Å². The van der Waals surface area contributed by atoms with Gasteiger partial charge in [-0.05, 0) is 33.4 Å². The average Bonchev–Trinajstić information content (AvgIpc) is 1.88. The molecule has 1 saturated heterocycles. The number of rotatable bonds is 1. The normalized spacial score (nSPS) is 32.1. The molecule has 60 valence electrons. The Hall–Kier alpha value is -0.0800. The van der Waals surface area contributed by atoms with Gasteiger partial charge in [0.2, 0.25) is 0 Å². The third kappa shape index (κ3) is 1.70. The molecule has 0 aromatic heterocycles. The van der Waals surface area contributed by atoms with E-state index < -0.39 is 0 Å². The van der Waals surface area contributed by atoms with E-state index in [4.69, 9.17) is 0 Å². The number of piperidine rings is 1. The predicted octanol–water partition coefficient (Wildman–Crippen LogP) is 0.851. The summed E-state index contributed by atoms with van der Waals surface area (Å²) in [6.07, 6.45) is 3.57. The molecule has 1 rings (SSSR count). The van der Waals surface area contributed by atoms with Gasteiger partial charge in [-0.25, -0.2) is 0 Å². The van der Waals surface area contributed by atoms with Crippen molar-refractivity contribution in [3.8, 4) is 0 Å². The highest BCUT2D eigenvalue weighted by molar-refractivity contribution is 4.77. The molecule has 0 amide bonds. The molecule has 1 N–H and O–H groups in total. The van der Waals surface area contributed by atoms with Gasteiger partial charge >= 0.3 is 0 Å². The maximum absolute atomic E-state index is 9.31. The van der Waals surface area contributed by atoms with Crippen LogP contribution in [0, 0.1) is 0 Å². The van der Waals surface area contributed by atoms with Crippen LogP contribution in [0.25, 0.3) is 0 Å². The molecule has 0 aromatic carbocycles. The Balaban J connectivity index is 2.40. The molecule has 10 heavy (non-hydrogen) atoms. The van der Waals surface area contributed by atoms with E-state index in [0.29, 0.717) is 6.04 Å². The average molecular weight is 143 g/mol. The number of aliphatic hydroxyl groups is 1. The first-order valence-electron chi connectivity index (χ1n) is 4.10. The van der Waals surface area contributed by atoms with E-state index >= 15 is 0 Å². The van der Waals surface area contributed by atoms with E-state index in [1.54, 1.807) is 0 Å². The van der Waals surface area contributed by atoms with Crippen molar-refractivity contribution in [1.29, 1.82) is 0 Å². The number of likely N-dealkylation sites (N-methyl/N-ethyl adjacent to an activating group) is 1. The zero-order valence-corrected chi connectivity index (χ0v) is 6.88. The minimum Gasteiger partial charge on any atom is -0.392 e. The Morgan fingerprint density at radius 1 is 1.50 bits per heavy atom. The standard InChI is InChI=1S/C8H17NO/c1-7(10)8-5-3-4-6-9(8)2/h7-8,10H,3-6H2,1-2H3/t7-,8?/m0/s1. The summed E-state index contributed by atoms with van der Waals surface area (Å²) in [4.78, 5) is 2.26. The summed E-state index contributed by atoms with van der Waals surface area (Å²) >= 11 is 0. The molecule has 0 aromatic rings. The van der Waals surface area contributed by atoms with Crippen LogP contribution in [0.1, 0.15) is 26.2 Å². The van der Waals surface area contributed by atoms with Crippen molar-refractivity contribution >= 4 is 0 Å². The number of likely N-dealkylation sites (tertiary alicyclic amines) is 1. The van der Waals surface area contributed by atoms with Crippen LogP contribution in [0.3, 0.4) is 0 Å². The molecular weight excluding hydrogens is 126 g/mol. The molecule has 2 atom stereocenters. The van der Waals surface area contributed by atoms with E-state index in [9.17, 15) is 5.11 Å². The second kappa shape index (κ2) is 3.35. The van der Waals surface area contributed by atoms with Gasteiger partial charge in [-0.2, -0.15) is 0 Å². The smallest absolute Gasteiger partial charge is 0.0667 e. The van der Waals surface area contributed by atoms with Crippen LogP contribution in [0.2, 0.25) is 0 Å². The summed E-state index contributed by atoms with van der Waals surface area (Å²) in [6, 6.07) is 0.411. The van der Waals surface area contributed by atoms with Gasteiger partial charge in [-0.1, -0.05) is 6.42 Å². The molecule has 0 saturated carbocycles. The van der Waals surface area contributed by atoms with E-state index in [-0.39, 0.29) is 6.10 Å². The minimum atomic E-state index is -0.162. The summed E-state index contributed by atoms with van der Waals surface area (Å²) in [7, 11) is 2.09. The Morgan fingerprint density at radius 2 is 2.20 bits per heavy atom. The highest BCUT2D eigenvalue weighted by atomic mass is 16.3. The molecule has 1 heterocycles. The van der Waals surface area contributed by atoms with Gasteiger partial charge in [0.15, 0.2) is 0 Å². The first-order chi connectivity index (χ1) is 4.72. The molecule has 1 aliphatic rings. The molecule has 1 unspecified atom stereocenters. The molecule has 1 fully saturated rings. The molecular formula is C8H17NO. The highest BCUT2D eigenvalue weighted by Gasteiger charge is 2.22. The third-order valence-corrected chi connectivity index (χ3v) is 2.38. The van der Waals surface area contributed by atoms with Gasteiger partial charge in [0.05, 0.1) is 6.10 Å². The Morgan fingerprint density at radius 3 is 2.60 bits per heavy atom. The largest absolute Gasteiger partial charge is 0.392 e. The van der Waals surface area contributed by atoms with Crippen molar-refractivity contribution in [2.45, 2.75) is 38.3 Å². The lowest BCUT2D eigenvalue weighted by Gasteiger charge is -2.34. The Labute approximate surface area is 62.8 Å². The maximum atomic E-state index is 9.31. The predicted molar refractivity (Wildman–Crippen MR) is 41.9 cm³/mol. The molecule has 0 radical (unpaired) electrons. The fourth-order valence-corrected chi connectivity index (χ4v) is 1.71. The molecule has 0 spiro atoms. The summed E-state index contributed by atoms with van der Waals surface area (Å²) in [5, 5.41) is 9.31. The molecule has 1 aliphatic heterocycles. The monoisotopic (exact) mass is 143 g/mol. The second-order valence-corrected chi connectivity index (χ2v) is 3.28. The SMILES string of the molecule is C[C@H](O)C1CCCCN1C. The summed E-state index contributed by atoms with van der Waals surface area (Å²) in [5.74, 6) is 0. The lowest BCUT2D eigenvalue weighted by atomic mass is 9.99. The number of hydrogen-bond acceptors (Lipinski definition) is 2. The first kappa shape index (κ1) is 8.02. The second-order valence-electron chi connectivity index (χ2n) is 3.28. The van der Waals surface area contributed by atoms with Gasteiger partial charge < -0.3 is 10.0 Å². The van der Waals surface area contributed by atoms with Gasteiger partial charge in [0.25, 0.3) is 0 Å². The number of aliphatic hydroxyl groups excluding tert-OH is 1. The number of nitrogens with zero attached hydrogens (tertiary/aromatic N) is 1. The van der Waals surface area contributed by atoms with E-state index in [1.165, 1.54) is 12.8 Å². The van der Waals surface area contributed by atoms with Crippen LogP contribution in [0.15, 0.2) is 0 Å². The third-order valence-electron chi connectivity index (χ3n) is 2.38. The van der Waals surface area contributed by atoms with Crippen LogP contribution in [0.4, 0.5) is 0 Å². The Kier molecular flexibility index (Phi) is 2.69. The topological polar surface area (TPSA) is 23.5 Å². The van der Waals surface area contributed by atoms with Crippen molar-refractivity contribution < 1.29 is 5.11 Å². The van der Waals surface area contributed by atoms with Crippen LogP contribution in [0.5, 0.6) is 0 Å². The fourth-order valence-electron chi connectivity index (χ4n) is 1.71. The summed E-state index contributed by atoms with van der Waals surface area (Å²) in [5.41, 5.74) is 0. The fraction of sp³-hybridized carbons (Fsp3) is 1.00. The van der Waals surface area contributed by atoms with Crippen LogP contribution < -0.4 is 0 Å². The van der Waals surface area contributed by atoms with Crippen molar-refractivity contribution in [3.63, 3.8) is 0 Å². The van der Waals surface area contributed by atoms with Gasteiger partial charge in [0, 0.05) is 6.04 Å². The van der Waals surface area contributed by atoms with Gasteiger partial charge in [-0.15, -0.1) is 0 Å². The molecule has 0 aliphatic carbocycles. The first-order valence-corrected chi connectivity index (χ1v) is 4.10. The zero-order chi connectivity index (χ0) is 7.56. The van der Waals surface area contributed by atoms with Crippen LogP contribution in [-0.4, -0.2) is 35.7 Å². The van der Waals surface area contributed by atoms with Crippen LogP contribution >= 0.6 is 0 Å². The lowest BCUT2D eigenvalue weighted by molar-refractivity contribution is 0.0529. The number of hydrogen-bond donors (Lipinski definition) is 1. The molecule has 2 heteroatoms. The van der Waals surface area contributed by atoms with Crippen molar-refractivity contribution in [2.24, 2.45) is 0 Å². The highest BCUT2D eigenvalue weighted by Crippen LogP contribution is 2.17. The van der Waals surface area contributed by atoms with Crippen molar-refractivity contribution in [3.05, 3.63) is 0 Å². The van der Waals surface area contributed by atoms with Crippen LogP contribution in [-0.2, 0) is 0 Å². The molecule has 0 bridgehead atoms. The van der Waals surface area contributed by atoms with E-state index in [0.717, 1.165) is 13.0 Å². The summed E-state index contributed by atoms with van der Waals surface area (Å²) in [6.45, 7) is 3.03. The maximum Gasteiger partial charge on any atom is 0.0667 e. The quantitative estimate of drug-likeness (QED) is 0.588. The van der Waals surface area contributed by atoms with Crippen molar-refractivity contribution in [2.75, 3.05) is 13.6 Å². The van der Waals surface area contributed by atoms with E-state index in [2.05, 4.69) is 11.9 Å². The Bertz CT molecular complexity index is 103. The lowest BCUT2D eigenvalue weighted by Crippen LogP contribution is -2.43. The zero-order valence-electron chi connectivity index (χ0n) is 6.88.